The van der Waals surface area contributed by atoms with E-state index in [1.165, 1.54) is 24.0 Å². The topological polar surface area (TPSA) is 12.5 Å². The number of nitrogens with zero attached hydrogens (tertiary/aromatic N) is 1. The van der Waals surface area contributed by atoms with Crippen LogP contribution < -0.4 is 0 Å². The lowest BCUT2D eigenvalue weighted by atomic mass is 9.77. The smallest absolute Gasteiger partial charge is 0.174 e. The number of ether oxygens (including phenoxy) is 1. The largest absolute Gasteiger partial charge is 0.353 e. The Kier molecular flexibility index (Phi) is 3.17. The zero-order valence-corrected chi connectivity index (χ0v) is 13.3. The zero-order chi connectivity index (χ0) is 15.2. The molecule has 2 nitrogen and oxygen atoms in total. The third kappa shape index (κ3) is 1.89. The molecule has 0 N–H and O–H groups in total. The first-order chi connectivity index (χ1) is 10.6. The SMILES string of the molecule is BC1(C)OC(c2ccccc2)(c2ccccc2)N2CCCC21. The summed E-state index contributed by atoms with van der Waals surface area (Å²) in [7, 11) is 2.24. The van der Waals surface area contributed by atoms with Gasteiger partial charge in [0.1, 0.15) is 7.85 Å². The number of hydrogen-bond acceptors (Lipinski definition) is 2. The van der Waals surface area contributed by atoms with Crippen LogP contribution in [0.1, 0.15) is 30.9 Å². The molecule has 0 aromatic heterocycles. The Bertz CT molecular complexity index is 616. The molecular weight excluding hydrogens is 269 g/mol. The minimum absolute atomic E-state index is 0.137. The van der Waals surface area contributed by atoms with Gasteiger partial charge >= 0.3 is 0 Å². The lowest BCUT2D eigenvalue weighted by Gasteiger charge is -2.38. The van der Waals surface area contributed by atoms with Crippen molar-refractivity contribution >= 4 is 7.85 Å². The number of benzene rings is 2. The van der Waals surface area contributed by atoms with Crippen LogP contribution in [-0.2, 0) is 10.5 Å². The summed E-state index contributed by atoms with van der Waals surface area (Å²) < 4.78 is 6.80. The molecule has 2 aliphatic rings. The fraction of sp³-hybridized carbons (Fsp3) is 0.368. The molecule has 0 bridgehead atoms. The highest BCUT2D eigenvalue weighted by Gasteiger charge is 2.59. The molecule has 112 valence electrons. The highest BCUT2D eigenvalue weighted by atomic mass is 16.6. The molecule has 4 rings (SSSR count). The van der Waals surface area contributed by atoms with Crippen molar-refractivity contribution in [2.75, 3.05) is 6.54 Å². The molecule has 2 aromatic rings. The van der Waals surface area contributed by atoms with Gasteiger partial charge in [0.15, 0.2) is 5.72 Å². The van der Waals surface area contributed by atoms with E-state index in [0.29, 0.717) is 6.04 Å². The Morgan fingerprint density at radius 1 is 1.00 bits per heavy atom. The van der Waals surface area contributed by atoms with Gasteiger partial charge in [-0.3, -0.25) is 4.90 Å². The van der Waals surface area contributed by atoms with Gasteiger partial charge in [0, 0.05) is 23.7 Å². The predicted molar refractivity (Wildman–Crippen MR) is 91.4 cm³/mol. The van der Waals surface area contributed by atoms with Gasteiger partial charge in [0.05, 0.1) is 5.50 Å². The highest BCUT2D eigenvalue weighted by molar-refractivity contribution is 6.15. The normalized spacial score (nSPS) is 30.3. The van der Waals surface area contributed by atoms with Gasteiger partial charge in [-0.05, 0) is 19.8 Å². The molecule has 2 atom stereocenters. The second kappa shape index (κ2) is 4.97. The zero-order valence-electron chi connectivity index (χ0n) is 13.3. The Balaban J connectivity index is 1.95. The van der Waals surface area contributed by atoms with E-state index in [1.54, 1.807) is 0 Å². The maximum atomic E-state index is 6.80. The molecule has 2 fully saturated rings. The van der Waals surface area contributed by atoms with Gasteiger partial charge in [-0.15, -0.1) is 0 Å². The standard InChI is InChI=1S/C19H22BNO/c1-18(20)17-13-8-14-21(17)19(22-18,15-9-4-2-5-10-15)16-11-6-3-7-12-16/h2-7,9-12,17H,8,13-14,20H2,1H3. The van der Waals surface area contributed by atoms with Crippen molar-refractivity contribution in [2.24, 2.45) is 0 Å². The van der Waals surface area contributed by atoms with Crippen molar-refractivity contribution in [1.82, 2.24) is 4.90 Å². The van der Waals surface area contributed by atoms with E-state index in [1.807, 2.05) is 0 Å². The summed E-state index contributed by atoms with van der Waals surface area (Å²) in [5.41, 5.74) is 1.88. The van der Waals surface area contributed by atoms with E-state index in [9.17, 15) is 0 Å². The van der Waals surface area contributed by atoms with Gasteiger partial charge in [-0.2, -0.15) is 0 Å². The average Bonchev–Trinajstić information content (AvgIpc) is 3.12. The highest BCUT2D eigenvalue weighted by Crippen LogP contribution is 2.51. The molecule has 0 amide bonds. The van der Waals surface area contributed by atoms with Gasteiger partial charge < -0.3 is 4.74 Å². The minimum Gasteiger partial charge on any atom is -0.353 e. The summed E-state index contributed by atoms with van der Waals surface area (Å²) in [5.74, 6) is 0. The summed E-state index contributed by atoms with van der Waals surface area (Å²) in [6.07, 6.45) is 2.47. The molecular formula is C19H22BNO. The lowest BCUT2D eigenvalue weighted by molar-refractivity contribution is -0.0857. The molecule has 2 heterocycles. The molecule has 2 saturated heterocycles. The Labute approximate surface area is 133 Å². The summed E-state index contributed by atoms with van der Waals surface area (Å²) in [6.45, 7) is 3.33. The van der Waals surface area contributed by atoms with Crippen LogP contribution in [0.4, 0.5) is 0 Å². The Hall–Kier alpha value is -1.58. The minimum atomic E-state index is -0.451. The van der Waals surface area contributed by atoms with Crippen LogP contribution in [0, 0.1) is 0 Å². The number of rotatable bonds is 2. The average molecular weight is 291 g/mol. The van der Waals surface area contributed by atoms with Crippen molar-refractivity contribution in [3.05, 3.63) is 71.8 Å². The van der Waals surface area contributed by atoms with E-state index < -0.39 is 5.72 Å². The summed E-state index contributed by atoms with van der Waals surface area (Å²) in [4.78, 5) is 2.58. The summed E-state index contributed by atoms with van der Waals surface area (Å²) in [6, 6.07) is 21.9. The summed E-state index contributed by atoms with van der Waals surface area (Å²) in [5, 5.41) is 0. The van der Waals surface area contributed by atoms with E-state index in [2.05, 4.69) is 80.3 Å². The maximum Gasteiger partial charge on any atom is 0.174 e. The van der Waals surface area contributed by atoms with Crippen LogP contribution >= 0.6 is 0 Å². The molecule has 2 aliphatic heterocycles. The van der Waals surface area contributed by atoms with Gasteiger partial charge in [0.25, 0.3) is 0 Å². The van der Waals surface area contributed by atoms with Gasteiger partial charge in [-0.1, -0.05) is 60.7 Å². The maximum absolute atomic E-state index is 6.80. The molecule has 0 aliphatic carbocycles. The first-order valence-corrected chi connectivity index (χ1v) is 8.22. The van der Waals surface area contributed by atoms with Gasteiger partial charge in [0.2, 0.25) is 0 Å². The third-order valence-electron chi connectivity index (χ3n) is 5.20. The second-order valence-corrected chi connectivity index (χ2v) is 6.93. The Morgan fingerprint density at radius 2 is 1.55 bits per heavy atom. The van der Waals surface area contributed by atoms with E-state index in [-0.39, 0.29) is 5.50 Å². The monoisotopic (exact) mass is 291 g/mol. The molecule has 0 spiro atoms. The van der Waals surface area contributed by atoms with Crippen molar-refractivity contribution in [3.63, 3.8) is 0 Å². The fourth-order valence-electron chi connectivity index (χ4n) is 4.32. The van der Waals surface area contributed by atoms with Gasteiger partial charge in [-0.25, -0.2) is 0 Å². The molecule has 3 heteroatoms. The molecule has 2 unspecified atom stereocenters. The van der Waals surface area contributed by atoms with Crippen LogP contribution in [0.3, 0.4) is 0 Å². The molecule has 0 saturated carbocycles. The van der Waals surface area contributed by atoms with Crippen LogP contribution in [-0.4, -0.2) is 30.8 Å². The van der Waals surface area contributed by atoms with Crippen LogP contribution in [0.5, 0.6) is 0 Å². The predicted octanol–water partition coefficient (Wildman–Crippen LogP) is 2.73. The fourth-order valence-corrected chi connectivity index (χ4v) is 4.32. The van der Waals surface area contributed by atoms with Crippen LogP contribution in [0.25, 0.3) is 0 Å². The Morgan fingerprint density at radius 3 is 2.09 bits per heavy atom. The second-order valence-electron chi connectivity index (χ2n) is 6.93. The quantitative estimate of drug-likeness (QED) is 0.789. The molecule has 2 aromatic carbocycles. The molecule has 0 radical (unpaired) electrons. The van der Waals surface area contributed by atoms with E-state index in [4.69, 9.17) is 4.74 Å². The van der Waals surface area contributed by atoms with Crippen LogP contribution in [0.2, 0.25) is 0 Å². The van der Waals surface area contributed by atoms with Crippen molar-refractivity contribution in [1.29, 1.82) is 0 Å². The van der Waals surface area contributed by atoms with E-state index >= 15 is 0 Å². The van der Waals surface area contributed by atoms with Crippen molar-refractivity contribution in [3.8, 4) is 0 Å². The lowest BCUT2D eigenvalue weighted by Crippen LogP contribution is -2.44. The van der Waals surface area contributed by atoms with E-state index in [0.717, 1.165) is 6.54 Å². The first kappa shape index (κ1) is 14.0. The third-order valence-corrected chi connectivity index (χ3v) is 5.20. The van der Waals surface area contributed by atoms with Crippen LogP contribution in [0.15, 0.2) is 60.7 Å². The number of fused-ring (bicyclic) bond motifs is 1. The summed E-state index contributed by atoms with van der Waals surface area (Å²) >= 11 is 0. The number of hydrogen-bond donors (Lipinski definition) is 0. The first-order valence-electron chi connectivity index (χ1n) is 8.22. The molecule has 22 heavy (non-hydrogen) atoms. The van der Waals surface area contributed by atoms with Crippen molar-refractivity contribution < 1.29 is 4.74 Å². The van der Waals surface area contributed by atoms with Crippen molar-refractivity contribution in [2.45, 2.75) is 37.0 Å².